The minimum atomic E-state index is -0.428. The van der Waals surface area contributed by atoms with Crippen LogP contribution in [0.25, 0.3) is 22.0 Å². The zero-order chi connectivity index (χ0) is 14.1. The van der Waals surface area contributed by atoms with Crippen molar-refractivity contribution in [2.75, 3.05) is 20.6 Å². The van der Waals surface area contributed by atoms with Gasteiger partial charge in [-0.3, -0.25) is 0 Å². The van der Waals surface area contributed by atoms with Crippen LogP contribution < -0.4 is 10.5 Å². The fourth-order valence-corrected chi connectivity index (χ4v) is 2.36. The van der Waals surface area contributed by atoms with E-state index in [4.69, 9.17) is 4.42 Å². The number of hydrogen-bond acceptors (Lipinski definition) is 4. The lowest BCUT2D eigenvalue weighted by molar-refractivity contribution is -0.858. The first-order valence-electron chi connectivity index (χ1n) is 6.71. The standard InChI is InChI=1S/C14H16N4O2/c1-17(2)8-5-9-18-13-10-6-3-4-7-11(10)20-14(19)12(13)15-16-18/h3-4,6-7H,5,8-9H2,1-2H3/p+1. The molecule has 6 heteroatoms. The van der Waals surface area contributed by atoms with Crippen molar-refractivity contribution in [3.05, 3.63) is 34.7 Å². The summed E-state index contributed by atoms with van der Waals surface area (Å²) in [6, 6.07) is 7.48. The fraction of sp³-hybridized carbons (Fsp3) is 0.357. The summed E-state index contributed by atoms with van der Waals surface area (Å²) in [4.78, 5) is 13.3. The molecule has 20 heavy (non-hydrogen) atoms. The second kappa shape index (κ2) is 5.05. The van der Waals surface area contributed by atoms with Crippen LogP contribution in [0.5, 0.6) is 0 Å². The highest BCUT2D eigenvalue weighted by Gasteiger charge is 2.14. The Morgan fingerprint density at radius 2 is 2.10 bits per heavy atom. The Hall–Kier alpha value is -2.21. The first kappa shape index (κ1) is 12.8. The predicted octanol–water partition coefficient (Wildman–Crippen LogP) is 0.0723. The SMILES string of the molecule is C[NH+](C)CCCn1nnc2c(=O)oc3ccccc3c21. The van der Waals surface area contributed by atoms with Gasteiger partial charge in [0.25, 0.3) is 0 Å². The van der Waals surface area contributed by atoms with Gasteiger partial charge in [0.1, 0.15) is 11.1 Å². The van der Waals surface area contributed by atoms with Crippen molar-refractivity contribution >= 4 is 22.0 Å². The molecule has 0 aliphatic carbocycles. The molecule has 2 aromatic heterocycles. The Kier molecular flexibility index (Phi) is 3.23. The molecule has 0 saturated carbocycles. The van der Waals surface area contributed by atoms with Crippen LogP contribution in [0.15, 0.2) is 33.5 Å². The minimum absolute atomic E-state index is 0.306. The molecule has 0 bridgehead atoms. The number of para-hydroxylation sites is 1. The van der Waals surface area contributed by atoms with E-state index in [1.165, 1.54) is 4.90 Å². The maximum Gasteiger partial charge on any atom is 0.366 e. The first-order chi connectivity index (χ1) is 9.66. The Bertz CT molecular complexity index is 804. The van der Waals surface area contributed by atoms with Crippen molar-refractivity contribution in [3.8, 4) is 0 Å². The van der Waals surface area contributed by atoms with E-state index in [1.54, 1.807) is 10.7 Å². The van der Waals surface area contributed by atoms with Gasteiger partial charge in [-0.25, -0.2) is 9.48 Å². The van der Waals surface area contributed by atoms with Crippen LogP contribution in [0, 0.1) is 0 Å². The smallest absolute Gasteiger partial charge is 0.366 e. The number of quaternary nitrogens is 1. The third-order valence-corrected chi connectivity index (χ3v) is 3.32. The third-order valence-electron chi connectivity index (χ3n) is 3.32. The fourth-order valence-electron chi connectivity index (χ4n) is 2.36. The summed E-state index contributed by atoms with van der Waals surface area (Å²) in [5.74, 6) is 0. The molecular formula is C14H17N4O2+. The molecular weight excluding hydrogens is 256 g/mol. The maximum atomic E-state index is 11.9. The second-order valence-electron chi connectivity index (χ2n) is 5.21. The molecule has 6 nitrogen and oxygen atoms in total. The van der Waals surface area contributed by atoms with Crippen molar-refractivity contribution in [1.82, 2.24) is 15.0 Å². The van der Waals surface area contributed by atoms with E-state index >= 15 is 0 Å². The van der Waals surface area contributed by atoms with Crippen molar-refractivity contribution < 1.29 is 9.32 Å². The van der Waals surface area contributed by atoms with Crippen molar-refractivity contribution in [2.24, 2.45) is 0 Å². The van der Waals surface area contributed by atoms with E-state index in [1.807, 2.05) is 18.2 Å². The topological polar surface area (TPSA) is 65.4 Å². The Morgan fingerprint density at radius 1 is 1.30 bits per heavy atom. The van der Waals surface area contributed by atoms with Crippen LogP contribution in [-0.2, 0) is 6.54 Å². The molecule has 0 fully saturated rings. The van der Waals surface area contributed by atoms with Gasteiger partial charge in [-0.05, 0) is 12.1 Å². The zero-order valence-corrected chi connectivity index (χ0v) is 11.6. The first-order valence-corrected chi connectivity index (χ1v) is 6.71. The Labute approximate surface area is 115 Å². The van der Waals surface area contributed by atoms with Gasteiger partial charge in [-0.1, -0.05) is 17.3 Å². The number of hydrogen-bond donors (Lipinski definition) is 1. The summed E-state index contributed by atoms with van der Waals surface area (Å²) in [6.45, 7) is 1.79. The van der Waals surface area contributed by atoms with Crippen molar-refractivity contribution in [1.29, 1.82) is 0 Å². The van der Waals surface area contributed by atoms with Crippen LogP contribution in [0.4, 0.5) is 0 Å². The van der Waals surface area contributed by atoms with E-state index in [0.717, 1.165) is 30.4 Å². The van der Waals surface area contributed by atoms with Crippen LogP contribution in [-0.4, -0.2) is 35.6 Å². The number of aryl methyl sites for hydroxylation is 1. The van der Waals surface area contributed by atoms with Crippen molar-refractivity contribution in [2.45, 2.75) is 13.0 Å². The summed E-state index contributed by atoms with van der Waals surface area (Å²) >= 11 is 0. The highest BCUT2D eigenvalue weighted by Crippen LogP contribution is 2.20. The lowest BCUT2D eigenvalue weighted by Crippen LogP contribution is -3.05. The van der Waals surface area contributed by atoms with Crippen LogP contribution >= 0.6 is 0 Å². The molecule has 2 heterocycles. The number of nitrogens with one attached hydrogen (secondary N) is 1. The number of rotatable bonds is 4. The van der Waals surface area contributed by atoms with Gasteiger partial charge in [0.2, 0.25) is 0 Å². The molecule has 0 saturated heterocycles. The molecule has 1 N–H and O–H groups in total. The van der Waals surface area contributed by atoms with Crippen LogP contribution in [0.2, 0.25) is 0 Å². The number of benzene rings is 1. The van der Waals surface area contributed by atoms with Crippen molar-refractivity contribution in [3.63, 3.8) is 0 Å². The summed E-state index contributed by atoms with van der Waals surface area (Å²) < 4.78 is 7.06. The summed E-state index contributed by atoms with van der Waals surface area (Å²) in [5.41, 5.74) is 1.22. The Balaban J connectivity index is 2.12. The van der Waals surface area contributed by atoms with E-state index in [2.05, 4.69) is 24.4 Å². The second-order valence-corrected chi connectivity index (χ2v) is 5.21. The van der Waals surface area contributed by atoms with Gasteiger partial charge >= 0.3 is 5.63 Å². The molecule has 0 aliphatic rings. The number of fused-ring (bicyclic) bond motifs is 3. The predicted molar refractivity (Wildman–Crippen MR) is 75.9 cm³/mol. The quantitative estimate of drug-likeness (QED) is 0.683. The van der Waals surface area contributed by atoms with E-state index in [9.17, 15) is 4.79 Å². The molecule has 3 rings (SSSR count). The molecule has 0 aliphatic heterocycles. The van der Waals surface area contributed by atoms with Gasteiger partial charge in [-0.2, -0.15) is 0 Å². The minimum Gasteiger partial charge on any atom is -0.421 e. The van der Waals surface area contributed by atoms with Gasteiger partial charge < -0.3 is 9.32 Å². The normalized spacial score (nSPS) is 11.8. The molecule has 0 atom stereocenters. The van der Waals surface area contributed by atoms with Gasteiger partial charge in [0, 0.05) is 18.4 Å². The monoisotopic (exact) mass is 273 g/mol. The molecule has 104 valence electrons. The average Bonchev–Trinajstić information content (AvgIpc) is 2.83. The molecule has 0 amide bonds. The zero-order valence-electron chi connectivity index (χ0n) is 11.6. The largest absolute Gasteiger partial charge is 0.421 e. The molecule has 3 aromatic rings. The van der Waals surface area contributed by atoms with Gasteiger partial charge in [0.15, 0.2) is 5.52 Å². The lowest BCUT2D eigenvalue weighted by atomic mass is 10.2. The van der Waals surface area contributed by atoms with E-state index in [-0.39, 0.29) is 0 Å². The summed E-state index contributed by atoms with van der Waals surface area (Å²) in [6.07, 6.45) is 0.981. The van der Waals surface area contributed by atoms with Gasteiger partial charge in [0.05, 0.1) is 20.6 Å². The molecule has 0 radical (unpaired) electrons. The average molecular weight is 273 g/mol. The molecule has 0 unspecified atom stereocenters. The van der Waals surface area contributed by atoms with Gasteiger partial charge in [-0.15, -0.1) is 5.10 Å². The highest BCUT2D eigenvalue weighted by molar-refractivity contribution is 6.00. The maximum absolute atomic E-state index is 11.9. The van der Waals surface area contributed by atoms with E-state index < -0.39 is 5.63 Å². The molecule has 1 aromatic carbocycles. The van der Waals surface area contributed by atoms with Crippen LogP contribution in [0.1, 0.15) is 6.42 Å². The number of aromatic nitrogens is 3. The van der Waals surface area contributed by atoms with E-state index in [0.29, 0.717) is 11.1 Å². The lowest BCUT2D eigenvalue weighted by Gasteiger charge is -2.07. The third kappa shape index (κ3) is 2.18. The number of nitrogens with zero attached hydrogens (tertiary/aromatic N) is 3. The summed E-state index contributed by atoms with van der Waals surface area (Å²) in [5, 5.41) is 8.95. The van der Waals surface area contributed by atoms with Crippen LogP contribution in [0.3, 0.4) is 0 Å². The Morgan fingerprint density at radius 3 is 2.90 bits per heavy atom. The molecule has 0 spiro atoms. The summed E-state index contributed by atoms with van der Waals surface area (Å²) in [7, 11) is 4.23. The highest BCUT2D eigenvalue weighted by atomic mass is 16.4.